The average molecular weight is 436 g/mol. The maximum absolute atomic E-state index is 12.8. The number of nitrogens with zero attached hydrogens (tertiary/aromatic N) is 4. The van der Waals surface area contributed by atoms with Gasteiger partial charge in [0, 0.05) is 5.39 Å². The van der Waals surface area contributed by atoms with Crippen LogP contribution in [0.4, 0.5) is 8.78 Å². The lowest BCUT2D eigenvalue weighted by atomic mass is 10.0. The van der Waals surface area contributed by atoms with E-state index in [1.54, 1.807) is 6.92 Å². The van der Waals surface area contributed by atoms with Crippen molar-refractivity contribution in [2.45, 2.75) is 23.8 Å². The molecule has 1 N–H and O–H groups in total. The summed E-state index contributed by atoms with van der Waals surface area (Å²) in [6, 6.07) is 2.68. The van der Waals surface area contributed by atoms with Gasteiger partial charge in [0.25, 0.3) is 6.43 Å². The van der Waals surface area contributed by atoms with Crippen LogP contribution in [-0.4, -0.2) is 47.1 Å². The molecule has 0 bridgehead atoms. The topological polar surface area (TPSA) is 99.0 Å². The van der Waals surface area contributed by atoms with Crippen LogP contribution in [0.15, 0.2) is 23.2 Å². The fraction of sp³-hybridized carbons (Fsp3) is 0.357. The number of aromatic nitrogens is 4. The molecular formula is C14H12ClF2N5O3S2. The van der Waals surface area contributed by atoms with Gasteiger partial charge in [0.15, 0.2) is 5.01 Å². The molecule has 0 saturated carbocycles. The highest BCUT2D eigenvalue weighted by Crippen LogP contribution is 2.32. The molecular weight excluding hydrogens is 424 g/mol. The number of hydrogen-bond donors (Lipinski definition) is 1. The van der Waals surface area contributed by atoms with E-state index in [1.807, 2.05) is 0 Å². The first-order valence-corrected chi connectivity index (χ1v) is 10.3. The molecule has 27 heavy (non-hydrogen) atoms. The van der Waals surface area contributed by atoms with E-state index in [4.69, 9.17) is 16.3 Å². The molecule has 1 aliphatic heterocycles. The SMILES string of the molecule is CC1(NS(=O)(=O)c2cc(Cl)c3cnn(-c4nnc(C(F)F)s4)c3c2)COC1. The van der Waals surface area contributed by atoms with Gasteiger partial charge in [-0.25, -0.2) is 26.6 Å². The summed E-state index contributed by atoms with van der Waals surface area (Å²) in [5.74, 6) is 0. The second kappa shape index (κ2) is 6.41. The zero-order valence-electron chi connectivity index (χ0n) is 13.7. The van der Waals surface area contributed by atoms with Crippen LogP contribution in [0.3, 0.4) is 0 Å². The van der Waals surface area contributed by atoms with Crippen LogP contribution in [0, 0.1) is 0 Å². The molecule has 13 heteroatoms. The van der Waals surface area contributed by atoms with Crippen molar-refractivity contribution in [2.24, 2.45) is 0 Å². The lowest BCUT2D eigenvalue weighted by Gasteiger charge is -2.38. The average Bonchev–Trinajstić information content (AvgIpc) is 3.19. The summed E-state index contributed by atoms with van der Waals surface area (Å²) in [5, 5.41) is 11.4. The van der Waals surface area contributed by atoms with E-state index in [1.165, 1.54) is 23.0 Å². The standard InChI is InChI=1S/C14H12ClF2N5O3S2/c1-14(5-25-6-14)21-27(23,24)7-2-9(15)8-4-18-22(10(8)3-7)13-20-19-12(26-13)11(16)17/h2-4,11,21H,5-6H2,1H3. The quantitative estimate of drug-likeness (QED) is 0.661. The van der Waals surface area contributed by atoms with E-state index in [0.29, 0.717) is 22.2 Å². The monoisotopic (exact) mass is 435 g/mol. The van der Waals surface area contributed by atoms with Gasteiger partial charge >= 0.3 is 0 Å². The molecule has 0 radical (unpaired) electrons. The number of ether oxygens (including phenoxy) is 1. The summed E-state index contributed by atoms with van der Waals surface area (Å²) in [6.45, 7) is 2.26. The molecule has 3 heterocycles. The molecule has 2 aromatic heterocycles. The van der Waals surface area contributed by atoms with Crippen molar-refractivity contribution in [3.05, 3.63) is 28.4 Å². The van der Waals surface area contributed by atoms with Crippen molar-refractivity contribution in [3.63, 3.8) is 0 Å². The third-order valence-corrected chi connectivity index (χ3v) is 6.78. The Morgan fingerprint density at radius 3 is 2.70 bits per heavy atom. The van der Waals surface area contributed by atoms with Crippen LogP contribution in [0.5, 0.6) is 0 Å². The number of sulfonamides is 1. The molecule has 3 aromatic rings. The molecule has 1 aromatic carbocycles. The summed E-state index contributed by atoms with van der Waals surface area (Å²) in [6.07, 6.45) is -1.35. The number of hydrogen-bond acceptors (Lipinski definition) is 7. The smallest absolute Gasteiger partial charge is 0.291 e. The first kappa shape index (κ1) is 18.6. The summed E-state index contributed by atoms with van der Waals surface area (Å²) in [4.78, 5) is -0.0755. The highest BCUT2D eigenvalue weighted by atomic mass is 35.5. The van der Waals surface area contributed by atoms with E-state index in [-0.39, 0.29) is 28.3 Å². The fourth-order valence-electron chi connectivity index (χ4n) is 2.62. The first-order chi connectivity index (χ1) is 12.7. The molecule has 144 valence electrons. The van der Waals surface area contributed by atoms with E-state index in [9.17, 15) is 17.2 Å². The van der Waals surface area contributed by atoms with Gasteiger partial charge in [0.05, 0.1) is 40.4 Å². The van der Waals surface area contributed by atoms with Crippen LogP contribution in [0.25, 0.3) is 16.0 Å². The molecule has 8 nitrogen and oxygen atoms in total. The molecule has 0 aliphatic carbocycles. The van der Waals surface area contributed by atoms with E-state index in [0.717, 1.165) is 0 Å². The van der Waals surface area contributed by atoms with Gasteiger partial charge in [-0.3, -0.25) is 0 Å². The first-order valence-electron chi connectivity index (χ1n) is 7.59. The van der Waals surface area contributed by atoms with Gasteiger partial charge in [-0.05, 0) is 19.1 Å². The van der Waals surface area contributed by atoms with Crippen molar-refractivity contribution < 1.29 is 21.9 Å². The highest BCUT2D eigenvalue weighted by molar-refractivity contribution is 7.89. The molecule has 1 fully saturated rings. The van der Waals surface area contributed by atoms with Crippen molar-refractivity contribution >= 4 is 43.9 Å². The van der Waals surface area contributed by atoms with Crippen LogP contribution in [-0.2, 0) is 14.8 Å². The minimum atomic E-state index is -3.89. The molecule has 0 atom stereocenters. The van der Waals surface area contributed by atoms with Crippen LogP contribution in [0.2, 0.25) is 5.02 Å². The third-order valence-electron chi connectivity index (χ3n) is 3.94. The molecule has 1 saturated heterocycles. The van der Waals surface area contributed by atoms with Crippen LogP contribution in [0.1, 0.15) is 18.4 Å². The number of alkyl halides is 2. The number of benzene rings is 1. The normalized spacial score (nSPS) is 16.8. The minimum absolute atomic E-state index is 0.0755. The Morgan fingerprint density at radius 2 is 2.11 bits per heavy atom. The minimum Gasteiger partial charge on any atom is -0.377 e. The van der Waals surface area contributed by atoms with E-state index < -0.39 is 27.0 Å². The Hall–Kier alpha value is -1.73. The summed E-state index contributed by atoms with van der Waals surface area (Å²) in [7, 11) is -3.89. The fourth-order valence-corrected chi connectivity index (χ4v) is 5.04. The van der Waals surface area contributed by atoms with Gasteiger partial charge in [-0.2, -0.15) is 5.10 Å². The van der Waals surface area contributed by atoms with E-state index >= 15 is 0 Å². The Balaban J connectivity index is 1.80. The number of halogens is 3. The molecule has 1 aliphatic rings. The third kappa shape index (κ3) is 3.31. The second-order valence-electron chi connectivity index (χ2n) is 6.28. The Kier molecular flexibility index (Phi) is 4.42. The Bertz CT molecular complexity index is 1130. The summed E-state index contributed by atoms with van der Waals surface area (Å²) >= 11 is 6.88. The lowest BCUT2D eigenvalue weighted by molar-refractivity contribution is -0.0523. The second-order valence-corrected chi connectivity index (χ2v) is 9.35. The zero-order chi connectivity index (χ0) is 19.4. The number of fused-ring (bicyclic) bond motifs is 1. The number of rotatable bonds is 5. The lowest BCUT2D eigenvalue weighted by Crippen LogP contribution is -2.59. The maximum atomic E-state index is 12.8. The Labute approximate surface area is 161 Å². The van der Waals surface area contributed by atoms with Crippen molar-refractivity contribution in [3.8, 4) is 5.13 Å². The largest absolute Gasteiger partial charge is 0.377 e. The summed E-state index contributed by atoms with van der Waals surface area (Å²) < 4.78 is 59.9. The maximum Gasteiger partial charge on any atom is 0.291 e. The van der Waals surface area contributed by atoms with Gasteiger partial charge < -0.3 is 4.74 Å². The molecule has 0 amide bonds. The summed E-state index contributed by atoms with van der Waals surface area (Å²) in [5.41, 5.74) is -0.374. The van der Waals surface area contributed by atoms with Crippen molar-refractivity contribution in [1.29, 1.82) is 0 Å². The molecule has 0 unspecified atom stereocenters. The van der Waals surface area contributed by atoms with Gasteiger partial charge in [0.2, 0.25) is 15.2 Å². The van der Waals surface area contributed by atoms with Crippen LogP contribution < -0.4 is 4.72 Å². The highest BCUT2D eigenvalue weighted by Gasteiger charge is 2.38. The predicted molar refractivity (Wildman–Crippen MR) is 94.0 cm³/mol. The number of nitrogens with one attached hydrogen (secondary N) is 1. The Morgan fingerprint density at radius 1 is 1.37 bits per heavy atom. The molecule has 0 spiro atoms. The van der Waals surface area contributed by atoms with Crippen molar-refractivity contribution in [1.82, 2.24) is 24.7 Å². The van der Waals surface area contributed by atoms with E-state index in [2.05, 4.69) is 20.0 Å². The van der Waals surface area contributed by atoms with Crippen molar-refractivity contribution in [2.75, 3.05) is 13.2 Å². The predicted octanol–water partition coefficient (Wildman–Crippen LogP) is 2.54. The van der Waals surface area contributed by atoms with Gasteiger partial charge in [0.1, 0.15) is 0 Å². The molecule has 4 rings (SSSR count). The van der Waals surface area contributed by atoms with Gasteiger partial charge in [-0.15, -0.1) is 10.2 Å². The van der Waals surface area contributed by atoms with Crippen LogP contribution >= 0.6 is 22.9 Å². The zero-order valence-corrected chi connectivity index (χ0v) is 16.1. The van der Waals surface area contributed by atoms with Gasteiger partial charge in [-0.1, -0.05) is 22.9 Å².